The maximum Gasteiger partial charge on any atom is 0.104 e. The maximum atomic E-state index is 11.8. The summed E-state index contributed by atoms with van der Waals surface area (Å²) in [6.07, 6.45) is 0. The molecular formula is C66H34N8. The summed E-state index contributed by atoms with van der Waals surface area (Å²) in [6, 6.07) is 80.8. The summed E-state index contributed by atoms with van der Waals surface area (Å²) >= 11 is 0. The van der Waals surface area contributed by atoms with Gasteiger partial charge < -0.3 is 9.13 Å². The Kier molecular flexibility index (Phi) is 10.7. The van der Waals surface area contributed by atoms with E-state index in [1.165, 1.54) is 0 Å². The average Bonchev–Trinajstić information content (AvgIpc) is 3.98. The Labute approximate surface area is 425 Å². The number of hydrogen-bond acceptors (Lipinski definition) is 6. The first-order valence-electron chi connectivity index (χ1n) is 23.7. The van der Waals surface area contributed by atoms with Crippen LogP contribution in [0.4, 0.5) is 0 Å². The maximum absolute atomic E-state index is 11.8. The van der Waals surface area contributed by atoms with Crippen molar-refractivity contribution < 1.29 is 0 Å². The summed E-state index contributed by atoms with van der Waals surface area (Å²) < 4.78 is 4.30. The summed E-state index contributed by atoms with van der Waals surface area (Å²) in [5.41, 5.74) is 16.8. The Balaban J connectivity index is 1.17. The van der Waals surface area contributed by atoms with Crippen LogP contribution in [0, 0.1) is 68.0 Å². The fraction of sp³-hybridized carbons (Fsp3) is 0. The first-order chi connectivity index (χ1) is 36.4. The molecule has 10 aromatic carbocycles. The smallest absolute Gasteiger partial charge is 0.104 e. The van der Waals surface area contributed by atoms with E-state index in [1.54, 1.807) is 6.07 Å². The van der Waals surface area contributed by atoms with Crippen LogP contribution in [-0.2, 0) is 0 Å². The molecule has 0 saturated carbocycles. The third-order valence-electron chi connectivity index (χ3n) is 14.0. The van der Waals surface area contributed by atoms with Crippen LogP contribution < -0.4 is 0 Å². The minimum absolute atomic E-state index is 0.403. The van der Waals surface area contributed by atoms with Crippen LogP contribution in [0.1, 0.15) is 33.4 Å². The van der Waals surface area contributed by atoms with Gasteiger partial charge in [-0.2, -0.15) is 31.6 Å². The van der Waals surface area contributed by atoms with Crippen molar-refractivity contribution in [3.63, 3.8) is 0 Å². The molecule has 2 aromatic heterocycles. The number of benzene rings is 10. The summed E-state index contributed by atoms with van der Waals surface area (Å²) in [5.74, 6) is 0. The van der Waals surface area contributed by atoms with Gasteiger partial charge in [0.1, 0.15) is 11.6 Å². The van der Waals surface area contributed by atoms with Crippen LogP contribution in [0.2, 0.25) is 0 Å². The lowest BCUT2D eigenvalue weighted by atomic mass is 9.96. The first kappa shape index (κ1) is 44.0. The van der Waals surface area contributed by atoms with Crippen molar-refractivity contribution in [1.29, 1.82) is 31.6 Å². The van der Waals surface area contributed by atoms with E-state index in [0.717, 1.165) is 93.7 Å². The lowest BCUT2D eigenvalue weighted by Crippen LogP contribution is -2.05. The minimum atomic E-state index is 0.403. The van der Waals surface area contributed by atoms with Crippen molar-refractivity contribution in [3.8, 4) is 103 Å². The highest BCUT2D eigenvalue weighted by molar-refractivity contribution is 6.14. The molecule has 74 heavy (non-hydrogen) atoms. The molecule has 8 heteroatoms. The highest BCUT2D eigenvalue weighted by Crippen LogP contribution is 2.44. The third-order valence-corrected chi connectivity index (χ3v) is 14.0. The van der Waals surface area contributed by atoms with Gasteiger partial charge in [-0.3, -0.25) is 0 Å². The summed E-state index contributed by atoms with van der Waals surface area (Å²) in [5, 5.41) is 64.4. The molecule has 12 rings (SSSR count). The van der Waals surface area contributed by atoms with Gasteiger partial charge in [-0.1, -0.05) is 91.0 Å². The largest absolute Gasteiger partial charge is 0.308 e. The minimum Gasteiger partial charge on any atom is -0.308 e. The van der Waals surface area contributed by atoms with E-state index in [0.29, 0.717) is 50.3 Å². The van der Waals surface area contributed by atoms with E-state index >= 15 is 0 Å². The zero-order chi connectivity index (χ0) is 50.5. The molecule has 0 aliphatic heterocycles. The van der Waals surface area contributed by atoms with Crippen LogP contribution in [0.3, 0.4) is 0 Å². The number of hydrogen-bond donors (Lipinski definition) is 0. The van der Waals surface area contributed by atoms with Crippen molar-refractivity contribution in [2.45, 2.75) is 0 Å². The van der Waals surface area contributed by atoms with Crippen LogP contribution >= 0.6 is 0 Å². The quantitative estimate of drug-likeness (QED) is 0.155. The van der Waals surface area contributed by atoms with E-state index in [1.807, 2.05) is 127 Å². The van der Waals surface area contributed by atoms with Gasteiger partial charge in [0.05, 0.1) is 91.6 Å². The molecule has 0 saturated heterocycles. The molecule has 2 heterocycles. The fourth-order valence-corrected chi connectivity index (χ4v) is 10.3. The summed E-state index contributed by atoms with van der Waals surface area (Å²) in [6.45, 7) is 0. The van der Waals surface area contributed by atoms with Gasteiger partial charge in [0.15, 0.2) is 0 Å². The van der Waals surface area contributed by atoms with E-state index in [4.69, 9.17) is 0 Å². The van der Waals surface area contributed by atoms with Crippen LogP contribution in [0.25, 0.3) is 111 Å². The molecule has 0 spiro atoms. The van der Waals surface area contributed by atoms with Gasteiger partial charge >= 0.3 is 0 Å². The molecule has 8 nitrogen and oxygen atoms in total. The zero-order valence-electron chi connectivity index (χ0n) is 39.2. The fourth-order valence-electron chi connectivity index (χ4n) is 10.3. The normalized spacial score (nSPS) is 10.9. The van der Waals surface area contributed by atoms with Gasteiger partial charge in [-0.15, -0.1) is 0 Å². The monoisotopic (exact) mass is 938 g/mol. The van der Waals surface area contributed by atoms with Gasteiger partial charge in [-0.25, -0.2) is 0 Å². The second kappa shape index (κ2) is 17.9. The highest BCUT2D eigenvalue weighted by atomic mass is 15.0. The predicted octanol–water partition coefficient (Wildman–Crippen LogP) is 15.4. The second-order valence-electron chi connectivity index (χ2n) is 18.0. The predicted molar refractivity (Wildman–Crippen MR) is 291 cm³/mol. The molecule has 0 unspecified atom stereocenters. The summed E-state index contributed by atoms with van der Waals surface area (Å²) in [7, 11) is 0. The Bertz CT molecular complexity index is 4080. The number of aromatic nitrogens is 2. The molecule has 338 valence electrons. The van der Waals surface area contributed by atoms with E-state index < -0.39 is 0 Å². The standard InChI is InChI=1S/C66H34N8/c67-35-41-5-13-45(14-6-41)49-21-25-61-56(29-49)57-30-50(46-15-7-42(36-68)8-16-46)22-26-62(57)73(61)65-33-54(55-4-2-1-3-53(55)39-71)34-66(60(65)40-72)74-63-27-23-51(47-17-9-43(37-69)10-18-47)31-58(63)59-32-52(24-28-64(59)74)48-19-11-44(38-70)12-20-48/h1-34H. The molecule has 0 atom stereocenters. The molecule has 0 aliphatic carbocycles. The van der Waals surface area contributed by atoms with Crippen LogP contribution in [0.5, 0.6) is 0 Å². The molecule has 0 N–H and O–H groups in total. The van der Waals surface area contributed by atoms with Gasteiger partial charge in [0.2, 0.25) is 0 Å². The van der Waals surface area contributed by atoms with Crippen LogP contribution in [-0.4, -0.2) is 9.13 Å². The van der Waals surface area contributed by atoms with E-state index in [9.17, 15) is 31.6 Å². The second-order valence-corrected chi connectivity index (χ2v) is 18.0. The van der Waals surface area contributed by atoms with Crippen molar-refractivity contribution in [2.75, 3.05) is 0 Å². The van der Waals surface area contributed by atoms with Crippen molar-refractivity contribution >= 4 is 43.6 Å². The number of nitriles is 6. The van der Waals surface area contributed by atoms with Gasteiger partial charge in [0, 0.05) is 21.5 Å². The van der Waals surface area contributed by atoms with E-state index in [2.05, 4.69) is 118 Å². The molecule has 12 aromatic rings. The Morgan fingerprint density at radius 2 is 0.554 bits per heavy atom. The van der Waals surface area contributed by atoms with Crippen molar-refractivity contribution in [3.05, 3.63) is 240 Å². The molecule has 0 bridgehead atoms. The molecule has 0 aliphatic rings. The Hall–Kier alpha value is -11.3. The first-order valence-corrected chi connectivity index (χ1v) is 23.7. The summed E-state index contributed by atoms with van der Waals surface area (Å²) in [4.78, 5) is 0. The lowest BCUT2D eigenvalue weighted by molar-refractivity contribution is 1.12. The number of nitrogens with zero attached hydrogens (tertiary/aromatic N) is 8. The molecular weight excluding hydrogens is 905 g/mol. The van der Waals surface area contributed by atoms with Crippen molar-refractivity contribution in [2.24, 2.45) is 0 Å². The molecule has 0 radical (unpaired) electrons. The Morgan fingerprint density at radius 1 is 0.257 bits per heavy atom. The SMILES string of the molecule is N#Cc1ccc(-c2ccc3c(c2)c2cc(-c4ccc(C#N)cc4)ccc2n3-c2cc(-c3ccccc3C#N)cc(-n3c4ccc(-c5ccc(C#N)cc5)cc4c4cc(-c5ccc(C#N)cc5)ccc43)c2C#N)cc1. The number of fused-ring (bicyclic) bond motifs is 6. The van der Waals surface area contributed by atoms with Crippen LogP contribution in [0.15, 0.2) is 206 Å². The lowest BCUT2D eigenvalue weighted by Gasteiger charge is -2.19. The van der Waals surface area contributed by atoms with Gasteiger partial charge in [0.25, 0.3) is 0 Å². The van der Waals surface area contributed by atoms with E-state index in [-0.39, 0.29) is 0 Å². The Morgan fingerprint density at radius 3 is 0.838 bits per heavy atom. The highest BCUT2D eigenvalue weighted by Gasteiger charge is 2.24. The van der Waals surface area contributed by atoms with Crippen molar-refractivity contribution in [1.82, 2.24) is 9.13 Å². The third kappa shape index (κ3) is 7.35. The average molecular weight is 939 g/mol. The topological polar surface area (TPSA) is 153 Å². The van der Waals surface area contributed by atoms with Gasteiger partial charge in [-0.05, 0) is 171 Å². The molecule has 0 fully saturated rings. The molecule has 0 amide bonds. The zero-order valence-corrected chi connectivity index (χ0v) is 39.2. The number of rotatable bonds is 7.